The van der Waals surface area contributed by atoms with Crippen LogP contribution in [-0.2, 0) is 13.1 Å². The van der Waals surface area contributed by atoms with E-state index in [1.807, 2.05) is 30.7 Å². The Kier molecular flexibility index (Phi) is 3.09. The molecule has 2 N–H and O–H groups in total. The zero-order chi connectivity index (χ0) is 14.9. The van der Waals surface area contributed by atoms with Crippen LogP contribution in [0, 0.1) is 0 Å². The van der Waals surface area contributed by atoms with E-state index in [1.54, 1.807) is 0 Å². The summed E-state index contributed by atoms with van der Waals surface area (Å²) >= 11 is 0. The summed E-state index contributed by atoms with van der Waals surface area (Å²) in [4.78, 5) is 8.94. The SMILES string of the molecule is NCc1ccc(Cn2cnc3cnc4ccccc4c32)cc1. The lowest BCUT2D eigenvalue weighted by Crippen LogP contribution is -2.00. The molecule has 2 aromatic heterocycles. The summed E-state index contributed by atoms with van der Waals surface area (Å²) in [7, 11) is 0. The average Bonchev–Trinajstić information content (AvgIpc) is 2.99. The summed E-state index contributed by atoms with van der Waals surface area (Å²) in [6.07, 6.45) is 3.72. The molecule has 0 aliphatic heterocycles. The molecule has 0 aliphatic rings. The van der Waals surface area contributed by atoms with Gasteiger partial charge in [-0.2, -0.15) is 0 Å². The number of benzene rings is 2. The van der Waals surface area contributed by atoms with Gasteiger partial charge in [-0.05, 0) is 17.2 Å². The van der Waals surface area contributed by atoms with E-state index >= 15 is 0 Å². The standard InChI is InChI=1S/C18H16N4/c19-9-13-5-7-14(8-6-13)11-22-12-21-17-10-20-16-4-2-1-3-15(16)18(17)22/h1-8,10,12H,9,11,19H2. The first-order valence-corrected chi connectivity index (χ1v) is 7.31. The molecule has 4 rings (SSSR count). The number of hydrogen-bond donors (Lipinski definition) is 1. The minimum Gasteiger partial charge on any atom is -0.326 e. The number of imidazole rings is 1. The molecule has 0 saturated carbocycles. The van der Waals surface area contributed by atoms with Gasteiger partial charge in [-0.1, -0.05) is 42.5 Å². The molecule has 0 fully saturated rings. The molecule has 22 heavy (non-hydrogen) atoms. The molecule has 4 heteroatoms. The second-order valence-corrected chi connectivity index (χ2v) is 5.40. The van der Waals surface area contributed by atoms with E-state index in [0.717, 1.165) is 34.0 Å². The number of fused-ring (bicyclic) bond motifs is 3. The Morgan fingerprint density at radius 2 is 1.64 bits per heavy atom. The minimum atomic E-state index is 0.574. The molecular formula is C18H16N4. The zero-order valence-corrected chi connectivity index (χ0v) is 12.1. The third-order valence-electron chi connectivity index (χ3n) is 3.96. The largest absolute Gasteiger partial charge is 0.326 e. The van der Waals surface area contributed by atoms with Crippen molar-refractivity contribution in [1.29, 1.82) is 0 Å². The maximum atomic E-state index is 5.65. The highest BCUT2D eigenvalue weighted by Crippen LogP contribution is 2.23. The minimum absolute atomic E-state index is 0.574. The molecule has 2 aromatic carbocycles. The second-order valence-electron chi connectivity index (χ2n) is 5.40. The summed E-state index contributed by atoms with van der Waals surface area (Å²) < 4.78 is 2.18. The van der Waals surface area contributed by atoms with Gasteiger partial charge in [0, 0.05) is 18.5 Å². The van der Waals surface area contributed by atoms with Gasteiger partial charge in [0.1, 0.15) is 5.52 Å². The van der Waals surface area contributed by atoms with Gasteiger partial charge in [0.2, 0.25) is 0 Å². The molecule has 0 bridgehead atoms. The number of nitrogens with zero attached hydrogens (tertiary/aromatic N) is 3. The summed E-state index contributed by atoms with van der Waals surface area (Å²) in [6, 6.07) is 16.6. The zero-order valence-electron chi connectivity index (χ0n) is 12.1. The van der Waals surface area contributed by atoms with Gasteiger partial charge in [0.05, 0.1) is 23.6 Å². The third kappa shape index (κ3) is 2.14. The second kappa shape index (κ2) is 5.24. The van der Waals surface area contributed by atoms with Gasteiger partial charge in [-0.25, -0.2) is 4.98 Å². The molecular weight excluding hydrogens is 272 g/mol. The van der Waals surface area contributed by atoms with E-state index in [-0.39, 0.29) is 0 Å². The lowest BCUT2D eigenvalue weighted by Gasteiger charge is -2.07. The van der Waals surface area contributed by atoms with Crippen LogP contribution < -0.4 is 5.73 Å². The number of aromatic nitrogens is 3. The number of rotatable bonds is 3. The molecule has 2 heterocycles. The number of hydrogen-bond acceptors (Lipinski definition) is 3. The van der Waals surface area contributed by atoms with Crippen molar-refractivity contribution in [2.24, 2.45) is 5.73 Å². The van der Waals surface area contributed by atoms with E-state index in [9.17, 15) is 0 Å². The van der Waals surface area contributed by atoms with Gasteiger partial charge in [-0.15, -0.1) is 0 Å². The van der Waals surface area contributed by atoms with Crippen molar-refractivity contribution >= 4 is 21.9 Å². The van der Waals surface area contributed by atoms with Crippen LogP contribution in [0.3, 0.4) is 0 Å². The molecule has 0 atom stereocenters. The fraction of sp³-hybridized carbons (Fsp3) is 0.111. The van der Waals surface area contributed by atoms with Gasteiger partial charge >= 0.3 is 0 Å². The van der Waals surface area contributed by atoms with Crippen LogP contribution in [0.2, 0.25) is 0 Å². The lowest BCUT2D eigenvalue weighted by molar-refractivity contribution is 0.825. The molecule has 0 spiro atoms. The van der Waals surface area contributed by atoms with Crippen LogP contribution in [0.15, 0.2) is 61.1 Å². The van der Waals surface area contributed by atoms with Gasteiger partial charge in [0.25, 0.3) is 0 Å². The Morgan fingerprint density at radius 3 is 2.45 bits per heavy atom. The van der Waals surface area contributed by atoms with E-state index in [1.165, 1.54) is 5.56 Å². The van der Waals surface area contributed by atoms with Crippen molar-refractivity contribution in [1.82, 2.24) is 14.5 Å². The van der Waals surface area contributed by atoms with Crippen molar-refractivity contribution < 1.29 is 0 Å². The van der Waals surface area contributed by atoms with Crippen molar-refractivity contribution in [3.63, 3.8) is 0 Å². The number of nitrogens with two attached hydrogens (primary N) is 1. The van der Waals surface area contributed by atoms with Crippen molar-refractivity contribution in [3.8, 4) is 0 Å². The van der Waals surface area contributed by atoms with E-state index in [2.05, 4.69) is 44.9 Å². The van der Waals surface area contributed by atoms with Crippen molar-refractivity contribution in [2.75, 3.05) is 0 Å². The summed E-state index contributed by atoms with van der Waals surface area (Å²) in [5, 5.41) is 1.14. The predicted molar refractivity (Wildman–Crippen MR) is 88.5 cm³/mol. The normalized spacial score (nSPS) is 11.3. The van der Waals surface area contributed by atoms with E-state index in [4.69, 9.17) is 5.73 Å². The third-order valence-corrected chi connectivity index (χ3v) is 3.96. The summed E-state index contributed by atoms with van der Waals surface area (Å²) in [5.41, 5.74) is 11.1. The van der Waals surface area contributed by atoms with Crippen LogP contribution in [-0.4, -0.2) is 14.5 Å². The Labute approximate surface area is 128 Å². The fourth-order valence-corrected chi connectivity index (χ4v) is 2.80. The smallest absolute Gasteiger partial charge is 0.107 e. The molecule has 0 saturated heterocycles. The molecule has 0 amide bonds. The van der Waals surface area contributed by atoms with Crippen LogP contribution in [0.25, 0.3) is 21.9 Å². The Hall–Kier alpha value is -2.72. The molecule has 4 nitrogen and oxygen atoms in total. The molecule has 0 radical (unpaired) electrons. The summed E-state index contributed by atoms with van der Waals surface area (Å²) in [6.45, 7) is 1.36. The average molecular weight is 288 g/mol. The molecule has 0 aliphatic carbocycles. The van der Waals surface area contributed by atoms with Crippen LogP contribution in [0.5, 0.6) is 0 Å². The first-order valence-electron chi connectivity index (χ1n) is 7.31. The summed E-state index contributed by atoms with van der Waals surface area (Å²) in [5.74, 6) is 0. The van der Waals surface area contributed by atoms with Gasteiger partial charge < -0.3 is 10.3 Å². The van der Waals surface area contributed by atoms with E-state index < -0.39 is 0 Å². The van der Waals surface area contributed by atoms with Gasteiger partial charge in [-0.3, -0.25) is 4.98 Å². The number of pyridine rings is 1. The first kappa shape index (κ1) is 13.0. The molecule has 0 unspecified atom stereocenters. The number of para-hydroxylation sites is 1. The van der Waals surface area contributed by atoms with Gasteiger partial charge in [0.15, 0.2) is 0 Å². The fourth-order valence-electron chi connectivity index (χ4n) is 2.80. The van der Waals surface area contributed by atoms with Crippen molar-refractivity contribution in [3.05, 3.63) is 72.2 Å². The Bertz CT molecular complexity index is 938. The molecule has 4 aromatic rings. The topological polar surface area (TPSA) is 56.7 Å². The highest BCUT2D eigenvalue weighted by molar-refractivity contribution is 6.01. The lowest BCUT2D eigenvalue weighted by atomic mass is 10.1. The molecule has 108 valence electrons. The van der Waals surface area contributed by atoms with Crippen molar-refractivity contribution in [2.45, 2.75) is 13.1 Å². The highest BCUT2D eigenvalue weighted by Gasteiger charge is 2.08. The maximum Gasteiger partial charge on any atom is 0.107 e. The quantitative estimate of drug-likeness (QED) is 0.630. The van der Waals surface area contributed by atoms with Crippen LogP contribution in [0.4, 0.5) is 0 Å². The highest BCUT2D eigenvalue weighted by atomic mass is 15.0. The maximum absolute atomic E-state index is 5.65. The predicted octanol–water partition coefficient (Wildman–Crippen LogP) is 3.09. The Morgan fingerprint density at radius 1 is 0.864 bits per heavy atom. The van der Waals surface area contributed by atoms with Crippen LogP contribution >= 0.6 is 0 Å². The van der Waals surface area contributed by atoms with Crippen LogP contribution in [0.1, 0.15) is 11.1 Å². The monoisotopic (exact) mass is 288 g/mol. The first-order chi connectivity index (χ1) is 10.8. The van der Waals surface area contributed by atoms with E-state index in [0.29, 0.717) is 6.54 Å². The Balaban J connectivity index is 1.82.